The maximum Gasteiger partial charge on any atom is 0.325 e. The third-order valence-electron chi connectivity index (χ3n) is 6.04. The first-order valence-electron chi connectivity index (χ1n) is 11.0. The van der Waals surface area contributed by atoms with Crippen LogP contribution in [-0.2, 0) is 21.5 Å². The average Bonchev–Trinajstić information content (AvgIpc) is 2.98. The van der Waals surface area contributed by atoms with E-state index in [2.05, 4.69) is 10.6 Å². The SMILES string of the molecule is CC(C)CC(=O)Nc1ccc(C(=O)CN2C(=O)N[C@@]3(CCCc4ccccc43)C2=O)cc1. The lowest BCUT2D eigenvalue weighted by Gasteiger charge is -2.33. The van der Waals surface area contributed by atoms with Crippen molar-refractivity contribution in [1.82, 2.24) is 10.2 Å². The van der Waals surface area contributed by atoms with E-state index < -0.39 is 11.6 Å². The predicted octanol–water partition coefficient (Wildman–Crippen LogP) is 3.64. The first kappa shape index (κ1) is 21.7. The second kappa shape index (κ2) is 8.57. The molecule has 4 amide bonds. The van der Waals surface area contributed by atoms with Gasteiger partial charge in [-0.15, -0.1) is 0 Å². The van der Waals surface area contributed by atoms with E-state index in [1.807, 2.05) is 38.1 Å². The summed E-state index contributed by atoms with van der Waals surface area (Å²) in [6.45, 7) is 3.61. The minimum Gasteiger partial charge on any atom is -0.326 e. The van der Waals surface area contributed by atoms with Crippen molar-refractivity contribution in [2.45, 2.75) is 45.1 Å². The maximum absolute atomic E-state index is 13.3. The number of ketones is 1. The van der Waals surface area contributed by atoms with E-state index in [0.717, 1.165) is 28.9 Å². The van der Waals surface area contributed by atoms with Crippen molar-refractivity contribution in [3.05, 3.63) is 65.2 Å². The number of aryl methyl sites for hydroxylation is 1. The van der Waals surface area contributed by atoms with Crippen molar-refractivity contribution in [3.8, 4) is 0 Å². The van der Waals surface area contributed by atoms with Crippen molar-refractivity contribution in [1.29, 1.82) is 0 Å². The fourth-order valence-corrected chi connectivity index (χ4v) is 4.51. The maximum atomic E-state index is 13.3. The standard InChI is InChI=1S/C25H27N3O4/c1-16(2)14-22(30)26-19-11-9-18(10-12-19)21(29)15-28-23(31)25(27-24(28)32)13-5-7-17-6-3-4-8-20(17)25/h3-4,6,8-12,16H,5,7,13-15H2,1-2H3,(H,26,30)(H,27,32)/t25-/m1/s1. The van der Waals surface area contributed by atoms with Gasteiger partial charge in [0.25, 0.3) is 5.91 Å². The van der Waals surface area contributed by atoms with E-state index in [4.69, 9.17) is 0 Å². The van der Waals surface area contributed by atoms with Gasteiger partial charge in [0.15, 0.2) is 5.78 Å². The number of imide groups is 1. The smallest absolute Gasteiger partial charge is 0.325 e. The van der Waals surface area contributed by atoms with Crippen LogP contribution < -0.4 is 10.6 Å². The van der Waals surface area contributed by atoms with Gasteiger partial charge in [-0.2, -0.15) is 0 Å². The van der Waals surface area contributed by atoms with Crippen molar-refractivity contribution in [3.63, 3.8) is 0 Å². The molecule has 2 aromatic carbocycles. The van der Waals surface area contributed by atoms with E-state index in [1.54, 1.807) is 24.3 Å². The molecular formula is C25H27N3O4. The van der Waals surface area contributed by atoms with Crippen LogP contribution in [0.5, 0.6) is 0 Å². The fourth-order valence-electron chi connectivity index (χ4n) is 4.51. The number of nitrogens with one attached hydrogen (secondary N) is 2. The highest BCUT2D eigenvalue weighted by Gasteiger charge is 2.54. The molecule has 1 saturated heterocycles. The van der Waals surface area contributed by atoms with Crippen LogP contribution in [0, 0.1) is 5.92 Å². The largest absolute Gasteiger partial charge is 0.326 e. The van der Waals surface area contributed by atoms with Crippen LogP contribution in [0.3, 0.4) is 0 Å². The molecule has 0 unspecified atom stereocenters. The van der Waals surface area contributed by atoms with E-state index in [-0.39, 0.29) is 30.1 Å². The second-order valence-corrected chi connectivity index (χ2v) is 8.88. The van der Waals surface area contributed by atoms with Crippen LogP contribution in [0.4, 0.5) is 10.5 Å². The van der Waals surface area contributed by atoms with Crippen LogP contribution in [0.1, 0.15) is 54.6 Å². The normalized spacial score (nSPS) is 19.8. The Morgan fingerprint density at radius 2 is 1.81 bits per heavy atom. The quantitative estimate of drug-likeness (QED) is 0.537. The van der Waals surface area contributed by atoms with Gasteiger partial charge < -0.3 is 10.6 Å². The molecule has 2 N–H and O–H groups in total. The Morgan fingerprint density at radius 3 is 2.53 bits per heavy atom. The van der Waals surface area contributed by atoms with Gasteiger partial charge in [0.05, 0.1) is 6.54 Å². The Kier molecular flexibility index (Phi) is 5.82. The number of carbonyl (C=O) groups excluding carboxylic acids is 4. The topological polar surface area (TPSA) is 95.6 Å². The molecule has 2 aliphatic rings. The van der Waals surface area contributed by atoms with Gasteiger partial charge in [-0.25, -0.2) is 4.79 Å². The molecular weight excluding hydrogens is 406 g/mol. The first-order valence-corrected chi connectivity index (χ1v) is 11.0. The predicted molar refractivity (Wildman–Crippen MR) is 120 cm³/mol. The summed E-state index contributed by atoms with van der Waals surface area (Å²) in [5.41, 5.74) is 1.76. The molecule has 32 heavy (non-hydrogen) atoms. The van der Waals surface area contributed by atoms with Crippen LogP contribution in [0.25, 0.3) is 0 Å². The summed E-state index contributed by atoms with van der Waals surface area (Å²) in [6, 6.07) is 13.6. The fraction of sp³-hybridized carbons (Fsp3) is 0.360. The summed E-state index contributed by atoms with van der Waals surface area (Å²) >= 11 is 0. The Bertz CT molecular complexity index is 1080. The number of rotatable bonds is 6. The van der Waals surface area contributed by atoms with Crippen molar-refractivity contribution in [2.24, 2.45) is 5.92 Å². The number of hydrogen-bond donors (Lipinski definition) is 2. The van der Waals surface area contributed by atoms with Gasteiger partial charge in [-0.3, -0.25) is 19.3 Å². The van der Waals surface area contributed by atoms with Gasteiger partial charge in [0.2, 0.25) is 5.91 Å². The van der Waals surface area contributed by atoms with Crippen molar-refractivity contribution < 1.29 is 19.2 Å². The lowest BCUT2D eigenvalue weighted by molar-refractivity contribution is -0.131. The second-order valence-electron chi connectivity index (χ2n) is 8.88. The molecule has 1 aliphatic carbocycles. The van der Waals surface area contributed by atoms with Crippen LogP contribution in [0.2, 0.25) is 0 Å². The summed E-state index contributed by atoms with van der Waals surface area (Å²) < 4.78 is 0. The molecule has 1 fully saturated rings. The molecule has 0 radical (unpaired) electrons. The molecule has 0 aromatic heterocycles. The minimum absolute atomic E-state index is 0.0866. The van der Waals surface area contributed by atoms with Gasteiger partial charge in [-0.05, 0) is 60.6 Å². The lowest BCUT2D eigenvalue weighted by atomic mass is 9.76. The number of benzene rings is 2. The highest BCUT2D eigenvalue weighted by atomic mass is 16.2. The molecule has 1 aliphatic heterocycles. The number of fused-ring (bicyclic) bond motifs is 2. The van der Waals surface area contributed by atoms with Crippen molar-refractivity contribution in [2.75, 3.05) is 11.9 Å². The van der Waals surface area contributed by atoms with Gasteiger partial charge >= 0.3 is 6.03 Å². The summed E-state index contributed by atoms with van der Waals surface area (Å²) in [4.78, 5) is 51.8. The summed E-state index contributed by atoms with van der Waals surface area (Å²) in [7, 11) is 0. The Labute approximate surface area is 187 Å². The highest BCUT2D eigenvalue weighted by Crippen LogP contribution is 2.39. The molecule has 7 nitrogen and oxygen atoms in total. The van der Waals surface area contributed by atoms with E-state index >= 15 is 0 Å². The number of nitrogens with zero attached hydrogens (tertiary/aromatic N) is 1. The number of anilines is 1. The van der Waals surface area contributed by atoms with Gasteiger partial charge in [-0.1, -0.05) is 38.1 Å². The van der Waals surface area contributed by atoms with E-state index in [9.17, 15) is 19.2 Å². The summed E-state index contributed by atoms with van der Waals surface area (Å²) in [5.74, 6) is -0.550. The van der Waals surface area contributed by atoms with Crippen molar-refractivity contribution >= 4 is 29.3 Å². The molecule has 0 bridgehead atoms. The molecule has 1 heterocycles. The zero-order valence-corrected chi connectivity index (χ0v) is 18.3. The Hall–Kier alpha value is -3.48. The number of Topliss-reactive ketones (excluding diaryl/α,β-unsaturated/α-hetero) is 1. The molecule has 0 saturated carbocycles. The third-order valence-corrected chi connectivity index (χ3v) is 6.04. The number of hydrogen-bond acceptors (Lipinski definition) is 4. The zero-order chi connectivity index (χ0) is 22.9. The molecule has 1 spiro atoms. The monoisotopic (exact) mass is 433 g/mol. The van der Waals surface area contributed by atoms with Gasteiger partial charge in [0, 0.05) is 17.7 Å². The number of amides is 4. The molecule has 166 valence electrons. The molecule has 4 rings (SSSR count). The van der Waals surface area contributed by atoms with E-state index in [1.165, 1.54) is 0 Å². The first-order chi connectivity index (χ1) is 15.3. The van der Waals surface area contributed by atoms with E-state index in [0.29, 0.717) is 24.1 Å². The van der Waals surface area contributed by atoms with Crippen LogP contribution in [0.15, 0.2) is 48.5 Å². The Morgan fingerprint density at radius 1 is 1.09 bits per heavy atom. The third kappa shape index (κ3) is 4.02. The minimum atomic E-state index is -1.09. The van der Waals surface area contributed by atoms with Gasteiger partial charge in [0.1, 0.15) is 5.54 Å². The Balaban J connectivity index is 1.47. The highest BCUT2D eigenvalue weighted by molar-refractivity contribution is 6.11. The lowest BCUT2D eigenvalue weighted by Crippen LogP contribution is -2.46. The van der Waals surface area contributed by atoms with Crippen LogP contribution in [-0.4, -0.2) is 35.1 Å². The average molecular weight is 434 g/mol. The molecule has 1 atom stereocenters. The number of urea groups is 1. The molecule has 7 heteroatoms. The molecule has 2 aromatic rings. The van der Waals surface area contributed by atoms with Crippen LogP contribution >= 0.6 is 0 Å². The number of carbonyl (C=O) groups is 4. The summed E-state index contributed by atoms with van der Waals surface area (Å²) in [6.07, 6.45) is 2.58. The zero-order valence-electron chi connectivity index (χ0n) is 18.3. The summed E-state index contributed by atoms with van der Waals surface area (Å²) in [5, 5.41) is 5.66.